The first kappa shape index (κ1) is 14.2. The van der Waals surface area contributed by atoms with Crippen LogP contribution in [0.3, 0.4) is 0 Å². The fraction of sp³-hybridized carbons (Fsp3) is 0.462. The van der Waals surface area contributed by atoms with E-state index in [0.29, 0.717) is 0 Å². The standard InChI is InChI=1S/C13H19BrN2O/c1-4-8(2)12(15)13(17)16-11-7-10(14)6-5-9(11)3/h5-8,12H,4,15H2,1-3H3,(H,16,17)/t8-,12-/m0/s1. The van der Waals surface area contributed by atoms with Crippen molar-refractivity contribution in [3.05, 3.63) is 28.2 Å². The van der Waals surface area contributed by atoms with Gasteiger partial charge in [0.25, 0.3) is 0 Å². The summed E-state index contributed by atoms with van der Waals surface area (Å²) in [4.78, 5) is 11.9. The van der Waals surface area contributed by atoms with Gasteiger partial charge in [-0.1, -0.05) is 42.3 Å². The molecule has 0 saturated heterocycles. The number of carbonyl (C=O) groups excluding carboxylic acids is 1. The summed E-state index contributed by atoms with van der Waals surface area (Å²) in [6, 6.07) is 5.32. The molecule has 17 heavy (non-hydrogen) atoms. The first-order valence-corrected chi connectivity index (χ1v) is 6.57. The first-order chi connectivity index (χ1) is 7.95. The van der Waals surface area contributed by atoms with E-state index in [1.165, 1.54) is 0 Å². The Balaban J connectivity index is 2.77. The second-order valence-electron chi connectivity index (χ2n) is 4.36. The molecule has 2 atom stereocenters. The zero-order chi connectivity index (χ0) is 13.0. The number of halogens is 1. The van der Waals surface area contributed by atoms with Crippen LogP contribution in [0, 0.1) is 12.8 Å². The van der Waals surface area contributed by atoms with E-state index in [4.69, 9.17) is 5.73 Å². The van der Waals surface area contributed by atoms with E-state index >= 15 is 0 Å². The number of aryl methyl sites for hydroxylation is 1. The zero-order valence-corrected chi connectivity index (χ0v) is 12.0. The molecule has 0 unspecified atom stereocenters. The van der Waals surface area contributed by atoms with Crippen LogP contribution < -0.4 is 11.1 Å². The number of nitrogens with one attached hydrogen (secondary N) is 1. The molecular formula is C13H19BrN2O. The lowest BCUT2D eigenvalue weighted by Gasteiger charge is -2.18. The Labute approximate surface area is 111 Å². The van der Waals surface area contributed by atoms with Crippen LogP contribution in [-0.4, -0.2) is 11.9 Å². The van der Waals surface area contributed by atoms with E-state index in [1.807, 2.05) is 39.0 Å². The van der Waals surface area contributed by atoms with Gasteiger partial charge in [-0.3, -0.25) is 4.79 Å². The predicted octanol–water partition coefficient (Wildman–Crippen LogP) is 3.07. The second-order valence-corrected chi connectivity index (χ2v) is 5.28. The van der Waals surface area contributed by atoms with Crippen molar-refractivity contribution in [2.45, 2.75) is 33.2 Å². The number of amides is 1. The lowest BCUT2D eigenvalue weighted by atomic mass is 9.99. The Morgan fingerprint density at radius 1 is 1.53 bits per heavy atom. The molecule has 0 aliphatic carbocycles. The first-order valence-electron chi connectivity index (χ1n) is 5.78. The van der Waals surface area contributed by atoms with Gasteiger partial charge in [-0.2, -0.15) is 0 Å². The average molecular weight is 299 g/mol. The van der Waals surface area contributed by atoms with E-state index in [-0.39, 0.29) is 11.8 Å². The molecule has 0 aliphatic heterocycles. The Bertz CT molecular complexity index is 406. The highest BCUT2D eigenvalue weighted by Crippen LogP contribution is 2.21. The molecule has 94 valence electrons. The Morgan fingerprint density at radius 2 is 2.18 bits per heavy atom. The maximum Gasteiger partial charge on any atom is 0.241 e. The zero-order valence-electron chi connectivity index (χ0n) is 10.5. The minimum Gasteiger partial charge on any atom is -0.324 e. The van der Waals surface area contributed by atoms with Crippen molar-refractivity contribution in [3.63, 3.8) is 0 Å². The molecule has 1 aromatic rings. The number of benzene rings is 1. The molecule has 0 radical (unpaired) electrons. The van der Waals surface area contributed by atoms with Crippen molar-refractivity contribution in [1.29, 1.82) is 0 Å². The topological polar surface area (TPSA) is 55.1 Å². The third-order valence-electron chi connectivity index (χ3n) is 3.02. The summed E-state index contributed by atoms with van der Waals surface area (Å²) in [6.45, 7) is 5.97. The number of nitrogens with two attached hydrogens (primary N) is 1. The van der Waals surface area contributed by atoms with Gasteiger partial charge in [0.2, 0.25) is 5.91 Å². The van der Waals surface area contributed by atoms with Crippen LogP contribution in [0.5, 0.6) is 0 Å². The van der Waals surface area contributed by atoms with Crippen molar-refractivity contribution < 1.29 is 4.79 Å². The third-order valence-corrected chi connectivity index (χ3v) is 3.51. The molecular weight excluding hydrogens is 280 g/mol. The highest BCUT2D eigenvalue weighted by atomic mass is 79.9. The maximum absolute atomic E-state index is 11.9. The molecule has 0 bridgehead atoms. The van der Waals surface area contributed by atoms with Crippen molar-refractivity contribution in [1.82, 2.24) is 0 Å². The Hall–Kier alpha value is -0.870. The summed E-state index contributed by atoms with van der Waals surface area (Å²) in [7, 11) is 0. The molecule has 0 fully saturated rings. The van der Waals surface area contributed by atoms with Gasteiger partial charge >= 0.3 is 0 Å². The molecule has 3 nitrogen and oxygen atoms in total. The maximum atomic E-state index is 11.9. The van der Waals surface area contributed by atoms with E-state index in [1.54, 1.807) is 0 Å². The third kappa shape index (κ3) is 3.82. The molecule has 0 saturated carbocycles. The molecule has 0 aliphatic rings. The van der Waals surface area contributed by atoms with Crippen LogP contribution >= 0.6 is 15.9 Å². The number of anilines is 1. The van der Waals surface area contributed by atoms with E-state index in [0.717, 1.165) is 22.1 Å². The van der Waals surface area contributed by atoms with E-state index < -0.39 is 6.04 Å². The lowest BCUT2D eigenvalue weighted by molar-refractivity contribution is -0.118. The van der Waals surface area contributed by atoms with Crippen LogP contribution in [-0.2, 0) is 4.79 Å². The van der Waals surface area contributed by atoms with Crippen LogP contribution in [0.2, 0.25) is 0 Å². The summed E-state index contributed by atoms with van der Waals surface area (Å²) in [5.41, 5.74) is 7.72. The Kier molecular flexibility index (Phi) is 5.15. The molecule has 3 N–H and O–H groups in total. The molecule has 1 aromatic carbocycles. The molecule has 4 heteroatoms. The van der Waals surface area contributed by atoms with Gasteiger partial charge in [0.15, 0.2) is 0 Å². The van der Waals surface area contributed by atoms with Crippen LogP contribution in [0.4, 0.5) is 5.69 Å². The fourth-order valence-corrected chi connectivity index (χ4v) is 1.82. The quantitative estimate of drug-likeness (QED) is 0.897. The average Bonchev–Trinajstić information content (AvgIpc) is 2.31. The van der Waals surface area contributed by atoms with Gasteiger partial charge in [0.05, 0.1) is 6.04 Å². The SMILES string of the molecule is CC[C@H](C)[C@H](N)C(=O)Nc1cc(Br)ccc1C. The minimum atomic E-state index is -0.460. The summed E-state index contributed by atoms with van der Waals surface area (Å²) >= 11 is 3.38. The predicted molar refractivity (Wildman–Crippen MR) is 74.9 cm³/mol. The molecule has 1 amide bonds. The van der Waals surface area contributed by atoms with Gasteiger partial charge in [-0.05, 0) is 30.5 Å². The molecule has 1 rings (SSSR count). The Morgan fingerprint density at radius 3 is 2.76 bits per heavy atom. The van der Waals surface area contributed by atoms with Gasteiger partial charge in [0.1, 0.15) is 0 Å². The minimum absolute atomic E-state index is 0.124. The van der Waals surface area contributed by atoms with Gasteiger partial charge in [0, 0.05) is 10.2 Å². The number of rotatable bonds is 4. The summed E-state index contributed by atoms with van der Waals surface area (Å²) in [5.74, 6) is 0.0583. The monoisotopic (exact) mass is 298 g/mol. The van der Waals surface area contributed by atoms with E-state index in [9.17, 15) is 4.79 Å². The summed E-state index contributed by atoms with van der Waals surface area (Å²) in [6.07, 6.45) is 0.895. The van der Waals surface area contributed by atoms with Crippen molar-refractivity contribution >= 4 is 27.5 Å². The highest BCUT2D eigenvalue weighted by Gasteiger charge is 2.19. The van der Waals surface area contributed by atoms with Crippen LogP contribution in [0.1, 0.15) is 25.8 Å². The van der Waals surface area contributed by atoms with Crippen molar-refractivity contribution in [2.24, 2.45) is 11.7 Å². The summed E-state index contributed by atoms with van der Waals surface area (Å²) < 4.78 is 0.940. The number of hydrogen-bond donors (Lipinski definition) is 2. The molecule has 0 aromatic heterocycles. The largest absolute Gasteiger partial charge is 0.324 e. The smallest absolute Gasteiger partial charge is 0.241 e. The van der Waals surface area contributed by atoms with Crippen molar-refractivity contribution in [2.75, 3.05) is 5.32 Å². The molecule has 0 heterocycles. The normalized spacial score (nSPS) is 14.2. The lowest BCUT2D eigenvalue weighted by Crippen LogP contribution is -2.40. The van der Waals surface area contributed by atoms with Crippen LogP contribution in [0.25, 0.3) is 0 Å². The molecule has 0 spiro atoms. The van der Waals surface area contributed by atoms with Gasteiger partial charge in [-0.25, -0.2) is 0 Å². The van der Waals surface area contributed by atoms with Crippen LogP contribution in [0.15, 0.2) is 22.7 Å². The van der Waals surface area contributed by atoms with E-state index in [2.05, 4.69) is 21.2 Å². The number of hydrogen-bond acceptors (Lipinski definition) is 2. The van der Waals surface area contributed by atoms with Crippen molar-refractivity contribution in [3.8, 4) is 0 Å². The van der Waals surface area contributed by atoms with Gasteiger partial charge in [-0.15, -0.1) is 0 Å². The number of carbonyl (C=O) groups is 1. The second kappa shape index (κ2) is 6.17. The fourth-order valence-electron chi connectivity index (χ4n) is 1.46. The highest BCUT2D eigenvalue weighted by molar-refractivity contribution is 9.10. The summed E-state index contributed by atoms with van der Waals surface area (Å²) in [5, 5.41) is 2.87. The van der Waals surface area contributed by atoms with Gasteiger partial charge < -0.3 is 11.1 Å².